The molecule has 0 radical (unpaired) electrons. The number of nitrogens with zero attached hydrogens (tertiary/aromatic N) is 3. The summed E-state index contributed by atoms with van der Waals surface area (Å²) >= 11 is 0. The maximum atomic E-state index is 14.2. The normalized spacial score (nSPS) is 34.6. The molecule has 7 rings (SSSR count). The second kappa shape index (κ2) is 14.4. The van der Waals surface area contributed by atoms with Crippen LogP contribution in [0.5, 0.6) is 5.75 Å². The molecule has 2 unspecified atom stereocenters. The molecule has 0 amide bonds. The Morgan fingerprint density at radius 1 is 0.982 bits per heavy atom. The Balaban J connectivity index is 1.24. The number of allylic oxidation sites excluding steroid dienone is 2. The van der Waals surface area contributed by atoms with Gasteiger partial charge in [0.25, 0.3) is 5.56 Å². The van der Waals surface area contributed by atoms with Gasteiger partial charge in [-0.25, -0.2) is 4.98 Å². The van der Waals surface area contributed by atoms with Crippen molar-refractivity contribution in [3.8, 4) is 11.6 Å². The number of carbonyl (C=O) groups is 2. The van der Waals surface area contributed by atoms with Crippen molar-refractivity contribution in [3.05, 3.63) is 51.6 Å². The molecule has 57 heavy (non-hydrogen) atoms. The third kappa shape index (κ3) is 6.27. The molecule has 4 saturated carbocycles. The third-order valence-corrected chi connectivity index (χ3v) is 17.3. The molecule has 8 atom stereocenters. The molecule has 2 N–H and O–H groups in total. The highest BCUT2D eigenvalue weighted by Gasteiger charge is 2.70. The van der Waals surface area contributed by atoms with Crippen LogP contribution in [0.4, 0.5) is 0 Å². The number of aliphatic carboxylic acids is 1. The van der Waals surface area contributed by atoms with Gasteiger partial charge >= 0.3 is 11.9 Å². The molecule has 2 aromatic heterocycles. The van der Waals surface area contributed by atoms with Crippen molar-refractivity contribution in [3.63, 3.8) is 0 Å². The molecule has 0 spiro atoms. The van der Waals surface area contributed by atoms with Gasteiger partial charge in [-0.1, -0.05) is 59.6 Å². The second-order valence-corrected chi connectivity index (χ2v) is 21.0. The second-order valence-electron chi connectivity index (χ2n) is 21.0. The molecule has 5 aliphatic carbocycles. The van der Waals surface area contributed by atoms with E-state index in [1.54, 1.807) is 43.0 Å². The standard InChI is InChI=1S/C47H70N4O6/c1-29(2)31-16-21-47(35-26-38(52)51(50(35)25-24-48-10)37-15-12-30(56-11)28-49-37)23-22-45(8)32(40(31)47)13-14-34-44(7)19-18-36(57-39(53)27-42(3,4)41(54)55)43(5,6)33(44)17-20-46(34,45)9/h12,15,26,28-29,32-34,36,48H,13-14,16-25,27H2,1-11H3,(H,54,55)/t32?,33-,34+,36-,44?,45+,46+,47+/m0/s1. The van der Waals surface area contributed by atoms with Crippen LogP contribution in [0.3, 0.4) is 0 Å². The number of carboxylic acid groups (broad SMARTS) is 1. The molecule has 10 nitrogen and oxygen atoms in total. The van der Waals surface area contributed by atoms with Gasteiger partial charge in [-0.05, 0) is 137 Å². The zero-order chi connectivity index (χ0) is 41.5. The molecular formula is C47H70N4O6. The Labute approximate surface area is 340 Å². The first-order valence-corrected chi connectivity index (χ1v) is 21.9. The number of fused-ring (bicyclic) bond motifs is 7. The van der Waals surface area contributed by atoms with Gasteiger partial charge in [-0.3, -0.25) is 19.1 Å². The van der Waals surface area contributed by atoms with E-state index in [0.717, 1.165) is 70.0 Å². The van der Waals surface area contributed by atoms with Gasteiger partial charge in [0.1, 0.15) is 11.9 Å². The van der Waals surface area contributed by atoms with Crippen molar-refractivity contribution in [2.24, 2.45) is 50.7 Å². The molecule has 5 aliphatic rings. The van der Waals surface area contributed by atoms with E-state index in [1.807, 2.05) is 25.2 Å². The zero-order valence-electron chi connectivity index (χ0n) is 36.7. The predicted molar refractivity (Wildman–Crippen MR) is 223 cm³/mol. The SMILES string of the molecule is CNCCn1c([C@]23CCC(C(C)C)=C2C2CC[C@@H]4C5(C)CC[C@H](OC(=O)CC(C)(C)C(=O)O)C(C)(C)[C@@H]5CC[C@@]4(C)[C@]2(C)CC3)cc(=O)n1-c1ccc(OC)cn1. The van der Waals surface area contributed by atoms with Crippen LogP contribution in [0, 0.1) is 50.7 Å². The lowest BCUT2D eigenvalue weighted by Gasteiger charge is -2.72. The Kier molecular flexibility index (Phi) is 10.6. The first kappa shape index (κ1) is 41.7. The van der Waals surface area contributed by atoms with E-state index in [2.05, 4.69) is 58.5 Å². The first-order valence-electron chi connectivity index (χ1n) is 21.9. The summed E-state index contributed by atoms with van der Waals surface area (Å²) in [4.78, 5) is 43.9. The number of hydrogen-bond donors (Lipinski definition) is 2. The van der Waals surface area contributed by atoms with Crippen molar-refractivity contribution in [1.29, 1.82) is 0 Å². The highest BCUT2D eigenvalue weighted by atomic mass is 16.5. The Morgan fingerprint density at radius 2 is 1.72 bits per heavy atom. The van der Waals surface area contributed by atoms with Gasteiger partial charge < -0.3 is 19.9 Å². The van der Waals surface area contributed by atoms with E-state index < -0.39 is 17.4 Å². The van der Waals surface area contributed by atoms with Gasteiger partial charge in [0.15, 0.2) is 5.82 Å². The molecular weight excluding hydrogens is 717 g/mol. The largest absolute Gasteiger partial charge is 0.495 e. The van der Waals surface area contributed by atoms with E-state index in [1.165, 1.54) is 6.42 Å². The van der Waals surface area contributed by atoms with Gasteiger partial charge in [0.2, 0.25) is 0 Å². The third-order valence-electron chi connectivity index (χ3n) is 17.3. The summed E-state index contributed by atoms with van der Waals surface area (Å²) in [6.45, 7) is 21.8. The Morgan fingerprint density at radius 3 is 2.35 bits per heavy atom. The number of esters is 1. The van der Waals surface area contributed by atoms with E-state index in [9.17, 15) is 19.5 Å². The minimum absolute atomic E-state index is 0.0322. The number of methoxy groups -OCH3 is 1. The highest BCUT2D eigenvalue weighted by Crippen LogP contribution is 2.77. The van der Waals surface area contributed by atoms with Crippen LogP contribution in [0.25, 0.3) is 5.82 Å². The van der Waals surface area contributed by atoms with Crippen molar-refractivity contribution in [2.75, 3.05) is 20.7 Å². The maximum Gasteiger partial charge on any atom is 0.309 e. The molecule has 2 aromatic rings. The average molecular weight is 787 g/mol. The van der Waals surface area contributed by atoms with Crippen LogP contribution < -0.4 is 15.6 Å². The lowest BCUT2D eigenvalue weighted by molar-refractivity contribution is -0.232. The van der Waals surface area contributed by atoms with Gasteiger partial charge in [-0.15, -0.1) is 0 Å². The summed E-state index contributed by atoms with van der Waals surface area (Å²) in [7, 11) is 3.60. The number of rotatable bonds is 11. The number of hydrogen-bond acceptors (Lipinski definition) is 7. The molecule has 0 bridgehead atoms. The van der Waals surface area contributed by atoms with Crippen LogP contribution >= 0.6 is 0 Å². The summed E-state index contributed by atoms with van der Waals surface area (Å²) in [5.41, 5.74) is 3.13. The molecule has 314 valence electrons. The number of aromatic nitrogens is 3. The summed E-state index contributed by atoms with van der Waals surface area (Å²) in [6, 6.07) is 5.71. The van der Waals surface area contributed by atoms with Gasteiger partial charge in [0.05, 0.1) is 37.4 Å². The minimum atomic E-state index is -1.16. The minimum Gasteiger partial charge on any atom is -0.495 e. The number of carbonyl (C=O) groups excluding carboxylic acids is 1. The molecule has 0 aromatic carbocycles. The predicted octanol–water partition coefficient (Wildman–Crippen LogP) is 8.73. The summed E-state index contributed by atoms with van der Waals surface area (Å²) in [5.74, 6) is 1.71. The van der Waals surface area contributed by atoms with Crippen LogP contribution in [0.2, 0.25) is 0 Å². The van der Waals surface area contributed by atoms with E-state index in [4.69, 9.17) is 14.5 Å². The number of likely N-dealkylation sites (N-methyl/N-ethyl adjacent to an activating group) is 1. The quantitative estimate of drug-likeness (QED) is 0.171. The average Bonchev–Trinajstić information content (AvgIpc) is 3.70. The fourth-order valence-corrected chi connectivity index (χ4v) is 14.0. The maximum absolute atomic E-state index is 14.2. The van der Waals surface area contributed by atoms with Crippen molar-refractivity contribution in [2.45, 2.75) is 151 Å². The van der Waals surface area contributed by atoms with Crippen molar-refractivity contribution >= 4 is 11.9 Å². The summed E-state index contributed by atoms with van der Waals surface area (Å²) in [5, 5.41) is 13.0. The molecule has 4 fully saturated rings. The Hall–Kier alpha value is -3.40. The monoisotopic (exact) mass is 787 g/mol. The van der Waals surface area contributed by atoms with E-state index in [0.29, 0.717) is 41.8 Å². The zero-order valence-corrected chi connectivity index (χ0v) is 36.7. The number of pyridine rings is 1. The number of nitrogens with one attached hydrogen (secondary N) is 1. The molecule has 0 saturated heterocycles. The fourth-order valence-electron chi connectivity index (χ4n) is 14.0. The van der Waals surface area contributed by atoms with E-state index in [-0.39, 0.29) is 45.2 Å². The van der Waals surface area contributed by atoms with Crippen LogP contribution in [-0.2, 0) is 26.3 Å². The Bertz CT molecular complexity index is 1970. The highest BCUT2D eigenvalue weighted by molar-refractivity contribution is 5.81. The van der Waals surface area contributed by atoms with Crippen molar-refractivity contribution in [1.82, 2.24) is 19.7 Å². The molecule has 2 heterocycles. The fraction of sp³-hybridized carbons (Fsp3) is 0.745. The van der Waals surface area contributed by atoms with Crippen LogP contribution in [0.1, 0.15) is 139 Å². The summed E-state index contributed by atoms with van der Waals surface area (Å²) in [6.07, 6.45) is 12.0. The first-order chi connectivity index (χ1) is 26.7. The number of carboxylic acids is 1. The topological polar surface area (TPSA) is 125 Å². The molecule has 0 aliphatic heterocycles. The van der Waals surface area contributed by atoms with Crippen LogP contribution in [-0.4, -0.2) is 58.2 Å². The van der Waals surface area contributed by atoms with Gasteiger partial charge in [0, 0.05) is 23.4 Å². The van der Waals surface area contributed by atoms with Gasteiger partial charge in [-0.2, -0.15) is 4.68 Å². The van der Waals surface area contributed by atoms with E-state index >= 15 is 0 Å². The molecule has 10 heteroatoms. The lowest BCUT2D eigenvalue weighted by Crippen LogP contribution is -2.66. The van der Waals surface area contributed by atoms with Crippen LogP contribution in [0.15, 0.2) is 40.3 Å². The number of ether oxygens (including phenoxy) is 2. The smallest absolute Gasteiger partial charge is 0.309 e. The lowest BCUT2D eigenvalue weighted by atomic mass is 9.33. The summed E-state index contributed by atoms with van der Waals surface area (Å²) < 4.78 is 15.7. The van der Waals surface area contributed by atoms with Crippen molar-refractivity contribution < 1.29 is 24.2 Å².